The van der Waals surface area contributed by atoms with E-state index in [2.05, 4.69) is 20.9 Å². The first-order chi connectivity index (χ1) is 9.69. The summed E-state index contributed by atoms with van der Waals surface area (Å²) >= 11 is 9.06. The van der Waals surface area contributed by atoms with Crippen LogP contribution < -0.4 is 4.74 Å². The molecule has 0 bridgehead atoms. The zero-order valence-corrected chi connectivity index (χ0v) is 12.5. The van der Waals surface area contributed by atoms with Crippen molar-refractivity contribution in [2.45, 2.75) is 5.33 Å². The number of rotatable bonds is 3. The summed E-state index contributed by atoms with van der Waals surface area (Å²) in [4.78, 5) is 4.39. The summed E-state index contributed by atoms with van der Waals surface area (Å²) in [6, 6.07) is 9.98. The van der Waals surface area contributed by atoms with Crippen LogP contribution in [0.1, 0.15) is 5.69 Å². The van der Waals surface area contributed by atoms with Crippen LogP contribution in [-0.4, -0.2) is 9.38 Å². The number of ether oxygens (including phenoxy) is 1. The molecule has 0 radical (unpaired) electrons. The van der Waals surface area contributed by atoms with Crippen molar-refractivity contribution < 1.29 is 9.13 Å². The lowest BCUT2D eigenvalue weighted by molar-refractivity contribution is 0.457. The molecule has 3 aromatic rings. The van der Waals surface area contributed by atoms with Gasteiger partial charge in [0, 0.05) is 17.6 Å². The summed E-state index contributed by atoms with van der Waals surface area (Å²) in [7, 11) is 0. The summed E-state index contributed by atoms with van der Waals surface area (Å²) in [5, 5.41) is 0.636. The van der Waals surface area contributed by atoms with Gasteiger partial charge in [0.25, 0.3) is 0 Å². The minimum absolute atomic E-state index is 0.0630. The highest BCUT2D eigenvalue weighted by atomic mass is 79.9. The maximum absolute atomic E-state index is 13.4. The van der Waals surface area contributed by atoms with E-state index in [-0.39, 0.29) is 5.02 Å². The lowest BCUT2D eigenvalue weighted by atomic mass is 10.3. The molecule has 2 heterocycles. The number of benzene rings is 1. The highest BCUT2D eigenvalue weighted by molar-refractivity contribution is 9.08. The second-order valence-corrected chi connectivity index (χ2v) is 5.07. The van der Waals surface area contributed by atoms with E-state index < -0.39 is 5.82 Å². The molecule has 20 heavy (non-hydrogen) atoms. The molecule has 6 heteroatoms. The van der Waals surface area contributed by atoms with Gasteiger partial charge in [-0.25, -0.2) is 4.39 Å². The maximum Gasteiger partial charge on any atom is 0.242 e. The van der Waals surface area contributed by atoms with Gasteiger partial charge in [0.05, 0.1) is 10.7 Å². The molecule has 0 aliphatic carbocycles. The summed E-state index contributed by atoms with van der Waals surface area (Å²) < 4.78 is 21.0. The highest BCUT2D eigenvalue weighted by Gasteiger charge is 2.13. The molecule has 2 aromatic heterocycles. The molecule has 0 unspecified atom stereocenters. The fourth-order valence-electron chi connectivity index (χ4n) is 1.88. The first kappa shape index (κ1) is 13.4. The Morgan fingerprint density at radius 3 is 2.90 bits per heavy atom. The van der Waals surface area contributed by atoms with Gasteiger partial charge in [0.15, 0.2) is 0 Å². The van der Waals surface area contributed by atoms with Crippen LogP contribution in [0, 0.1) is 5.82 Å². The van der Waals surface area contributed by atoms with Crippen LogP contribution in [0.5, 0.6) is 11.6 Å². The Morgan fingerprint density at radius 2 is 2.15 bits per heavy atom. The van der Waals surface area contributed by atoms with Crippen molar-refractivity contribution in [2.24, 2.45) is 0 Å². The molecule has 1 aromatic carbocycles. The SMILES string of the molecule is Fc1cc(Oc2nc3ccccn3c2CBr)ccc1Cl. The van der Waals surface area contributed by atoms with Gasteiger partial charge in [-0.3, -0.25) is 4.40 Å². The van der Waals surface area contributed by atoms with Crippen LogP contribution in [0.2, 0.25) is 5.02 Å². The quantitative estimate of drug-likeness (QED) is 0.630. The first-order valence-electron chi connectivity index (χ1n) is 5.84. The molecular weight excluding hydrogens is 347 g/mol. The average molecular weight is 356 g/mol. The molecule has 0 saturated carbocycles. The largest absolute Gasteiger partial charge is 0.437 e. The molecule has 0 saturated heterocycles. The third-order valence-corrected chi connectivity index (χ3v) is 3.66. The number of halogens is 3. The van der Waals surface area contributed by atoms with Crippen molar-refractivity contribution >= 4 is 33.2 Å². The van der Waals surface area contributed by atoms with Gasteiger partial charge >= 0.3 is 0 Å². The number of aromatic nitrogens is 2. The van der Waals surface area contributed by atoms with Crippen molar-refractivity contribution in [3.8, 4) is 11.6 Å². The molecule has 0 atom stereocenters. The van der Waals surface area contributed by atoms with E-state index in [1.165, 1.54) is 12.1 Å². The predicted molar refractivity (Wildman–Crippen MR) is 79.3 cm³/mol. The van der Waals surface area contributed by atoms with Gasteiger partial charge in [-0.15, -0.1) is 0 Å². The van der Waals surface area contributed by atoms with E-state index in [0.717, 1.165) is 11.3 Å². The number of hydrogen-bond acceptors (Lipinski definition) is 2. The van der Waals surface area contributed by atoms with Crippen LogP contribution in [0.15, 0.2) is 42.6 Å². The normalized spacial score (nSPS) is 10.9. The molecule has 0 aliphatic rings. The highest BCUT2D eigenvalue weighted by Crippen LogP contribution is 2.29. The minimum atomic E-state index is -0.520. The third-order valence-electron chi connectivity index (χ3n) is 2.82. The molecular formula is C14H9BrClFN2O. The van der Waals surface area contributed by atoms with Gasteiger partial charge in [0.2, 0.25) is 5.88 Å². The van der Waals surface area contributed by atoms with Crippen LogP contribution in [0.4, 0.5) is 4.39 Å². The Morgan fingerprint density at radius 1 is 1.30 bits per heavy atom. The zero-order valence-electron chi connectivity index (χ0n) is 10.2. The van der Waals surface area contributed by atoms with Crippen molar-refractivity contribution in [3.05, 3.63) is 59.1 Å². The summed E-state index contributed by atoms with van der Waals surface area (Å²) in [6.07, 6.45) is 1.90. The molecule has 0 amide bonds. The van der Waals surface area contributed by atoms with Crippen LogP contribution >= 0.6 is 27.5 Å². The molecule has 0 spiro atoms. The predicted octanol–water partition coefficient (Wildman–Crippen LogP) is 4.81. The smallest absolute Gasteiger partial charge is 0.242 e. The first-order valence-corrected chi connectivity index (χ1v) is 7.34. The minimum Gasteiger partial charge on any atom is -0.437 e. The standard InChI is InChI=1S/C14H9BrClFN2O/c15-8-12-14(18-13-3-1-2-6-19(12)13)20-9-4-5-10(16)11(17)7-9/h1-7H,8H2. The molecule has 0 fully saturated rings. The van der Waals surface area contributed by atoms with Crippen molar-refractivity contribution in [3.63, 3.8) is 0 Å². The lowest BCUT2D eigenvalue weighted by Gasteiger charge is -2.05. The molecule has 102 valence electrons. The van der Waals surface area contributed by atoms with E-state index in [9.17, 15) is 4.39 Å². The second-order valence-electron chi connectivity index (χ2n) is 4.10. The number of pyridine rings is 1. The lowest BCUT2D eigenvalue weighted by Crippen LogP contribution is -1.92. The van der Waals surface area contributed by atoms with Gasteiger partial charge in [0.1, 0.15) is 17.2 Å². The Kier molecular flexibility index (Phi) is 3.63. The fraction of sp³-hybridized carbons (Fsp3) is 0.0714. The van der Waals surface area contributed by atoms with Crippen LogP contribution in [-0.2, 0) is 5.33 Å². The van der Waals surface area contributed by atoms with Crippen LogP contribution in [0.3, 0.4) is 0 Å². The van der Waals surface area contributed by atoms with Gasteiger partial charge < -0.3 is 4.74 Å². The van der Waals surface area contributed by atoms with Crippen molar-refractivity contribution in [1.82, 2.24) is 9.38 Å². The van der Waals surface area contributed by atoms with E-state index in [0.29, 0.717) is 17.0 Å². The second kappa shape index (κ2) is 5.42. The summed E-state index contributed by atoms with van der Waals surface area (Å²) in [6.45, 7) is 0. The number of nitrogens with zero attached hydrogens (tertiary/aromatic N) is 2. The summed E-state index contributed by atoms with van der Waals surface area (Å²) in [5.74, 6) is 0.278. The monoisotopic (exact) mass is 354 g/mol. The number of fused-ring (bicyclic) bond motifs is 1. The molecule has 3 nitrogen and oxygen atoms in total. The fourth-order valence-corrected chi connectivity index (χ4v) is 2.51. The maximum atomic E-state index is 13.4. The van der Waals surface area contributed by atoms with Crippen molar-refractivity contribution in [2.75, 3.05) is 0 Å². The summed E-state index contributed by atoms with van der Waals surface area (Å²) in [5.41, 5.74) is 1.63. The number of alkyl halides is 1. The Labute approximate surface area is 128 Å². The Bertz CT molecular complexity index is 775. The number of imidazole rings is 1. The molecule has 3 rings (SSSR count). The van der Waals surface area contributed by atoms with E-state index in [1.54, 1.807) is 6.07 Å². The molecule has 0 aliphatic heterocycles. The van der Waals surface area contributed by atoms with E-state index in [4.69, 9.17) is 16.3 Å². The zero-order chi connectivity index (χ0) is 14.1. The Balaban J connectivity index is 2.03. The molecule has 0 N–H and O–H groups in total. The van der Waals surface area contributed by atoms with E-state index >= 15 is 0 Å². The van der Waals surface area contributed by atoms with Crippen LogP contribution in [0.25, 0.3) is 5.65 Å². The average Bonchev–Trinajstić information content (AvgIpc) is 2.80. The number of hydrogen-bond donors (Lipinski definition) is 0. The Hall–Kier alpha value is -1.59. The third kappa shape index (κ3) is 2.39. The van der Waals surface area contributed by atoms with Gasteiger partial charge in [-0.2, -0.15) is 4.98 Å². The van der Waals surface area contributed by atoms with Gasteiger partial charge in [-0.05, 0) is 24.3 Å². The van der Waals surface area contributed by atoms with E-state index in [1.807, 2.05) is 28.8 Å². The van der Waals surface area contributed by atoms with Gasteiger partial charge in [-0.1, -0.05) is 33.6 Å². The van der Waals surface area contributed by atoms with Crippen molar-refractivity contribution in [1.29, 1.82) is 0 Å². The topological polar surface area (TPSA) is 26.5 Å².